The summed E-state index contributed by atoms with van der Waals surface area (Å²) >= 11 is 7.54. The average molecular weight is 375 g/mol. The van der Waals surface area contributed by atoms with Gasteiger partial charge in [-0.15, -0.1) is 0 Å². The fourth-order valence-corrected chi connectivity index (χ4v) is 4.25. The molecular formula is C18H19ClN4OS. The summed E-state index contributed by atoms with van der Waals surface area (Å²) in [4.78, 5) is 14.2. The Morgan fingerprint density at radius 2 is 2.08 bits per heavy atom. The zero-order valence-corrected chi connectivity index (χ0v) is 15.5. The fourth-order valence-electron chi connectivity index (χ4n) is 3.12. The third-order valence-corrected chi connectivity index (χ3v) is 5.90. The van der Waals surface area contributed by atoms with Gasteiger partial charge in [0.25, 0.3) is 0 Å². The second-order valence-corrected chi connectivity index (χ2v) is 7.57. The van der Waals surface area contributed by atoms with Crippen molar-refractivity contribution in [3.05, 3.63) is 33.7 Å². The van der Waals surface area contributed by atoms with Gasteiger partial charge in [-0.05, 0) is 24.8 Å². The average Bonchev–Trinajstić information content (AvgIpc) is 3.19. The summed E-state index contributed by atoms with van der Waals surface area (Å²) in [7, 11) is 0. The lowest BCUT2D eigenvalue weighted by atomic mass is 10.1. The van der Waals surface area contributed by atoms with Crippen molar-refractivity contribution in [2.24, 2.45) is 4.99 Å². The number of aromatic nitrogens is 1. The highest BCUT2D eigenvalue weighted by Gasteiger charge is 2.21. The van der Waals surface area contributed by atoms with Crippen LogP contribution in [0.2, 0.25) is 5.02 Å². The van der Waals surface area contributed by atoms with Crippen molar-refractivity contribution in [1.82, 2.24) is 9.88 Å². The van der Waals surface area contributed by atoms with E-state index < -0.39 is 0 Å². The molecule has 0 unspecified atom stereocenters. The van der Waals surface area contributed by atoms with Crippen LogP contribution in [0.4, 0.5) is 10.8 Å². The fraction of sp³-hybridized carbons (Fsp3) is 0.333. The van der Waals surface area contributed by atoms with Crippen LogP contribution in [-0.2, 0) is 0 Å². The molecule has 2 aromatic rings. The van der Waals surface area contributed by atoms with E-state index in [2.05, 4.69) is 26.7 Å². The molecule has 2 aliphatic rings. The summed E-state index contributed by atoms with van der Waals surface area (Å²) in [5.41, 5.74) is 2.85. The minimum Gasteiger partial charge on any atom is -0.492 e. The van der Waals surface area contributed by atoms with Gasteiger partial charge in [-0.2, -0.15) is 4.98 Å². The number of allylic oxidation sites excluding steroid dienone is 1. The van der Waals surface area contributed by atoms with Gasteiger partial charge in [-0.25, -0.2) is 0 Å². The van der Waals surface area contributed by atoms with Gasteiger partial charge in [-0.3, -0.25) is 4.99 Å². The van der Waals surface area contributed by atoms with Crippen molar-refractivity contribution in [2.45, 2.75) is 6.92 Å². The summed E-state index contributed by atoms with van der Waals surface area (Å²) in [6.07, 6.45) is 3.75. The van der Waals surface area contributed by atoms with E-state index in [-0.39, 0.29) is 5.88 Å². The molecule has 0 amide bonds. The highest BCUT2D eigenvalue weighted by Crippen LogP contribution is 2.38. The maximum Gasteiger partial charge on any atom is 0.231 e. The Morgan fingerprint density at radius 3 is 2.84 bits per heavy atom. The summed E-state index contributed by atoms with van der Waals surface area (Å²) in [6, 6.07) is 5.66. The number of hydrogen-bond donors (Lipinski definition) is 1. The molecule has 3 heterocycles. The van der Waals surface area contributed by atoms with E-state index in [4.69, 9.17) is 11.6 Å². The molecule has 2 aliphatic heterocycles. The molecule has 130 valence electrons. The van der Waals surface area contributed by atoms with E-state index in [1.54, 1.807) is 6.21 Å². The monoisotopic (exact) mass is 374 g/mol. The van der Waals surface area contributed by atoms with E-state index in [1.165, 1.54) is 11.3 Å². The van der Waals surface area contributed by atoms with E-state index in [9.17, 15) is 5.11 Å². The molecule has 7 heteroatoms. The Bertz CT molecular complexity index is 853. The van der Waals surface area contributed by atoms with Gasteiger partial charge in [0.1, 0.15) is 0 Å². The molecule has 1 saturated heterocycles. The number of piperazine rings is 1. The first-order valence-corrected chi connectivity index (χ1v) is 9.56. The number of halogens is 1. The van der Waals surface area contributed by atoms with Crippen molar-refractivity contribution in [1.29, 1.82) is 0 Å². The van der Waals surface area contributed by atoms with E-state index in [1.807, 2.05) is 24.3 Å². The minimum atomic E-state index is 0.0845. The quantitative estimate of drug-likeness (QED) is 0.885. The number of nitrogens with zero attached hydrogens (tertiary/aromatic N) is 4. The number of aliphatic imine (C=N–C) groups is 1. The van der Waals surface area contributed by atoms with Gasteiger partial charge in [-0.1, -0.05) is 35.9 Å². The maximum atomic E-state index is 10.3. The molecule has 0 aliphatic carbocycles. The van der Waals surface area contributed by atoms with Crippen LogP contribution in [0.25, 0.3) is 11.6 Å². The van der Waals surface area contributed by atoms with Crippen molar-refractivity contribution in [3.8, 4) is 5.88 Å². The number of hydrogen-bond acceptors (Lipinski definition) is 6. The number of thiazole rings is 1. The standard InChI is InChI=1S/C18H19ClN4OS/c1-2-22-5-7-23(8-6-22)18-21-17(24)16(25-18)9-12-11-20-15-10-13(19)3-4-14(12)15/h3-4,9-11,24H,2,5-8H2,1H3/b12-9+. The molecule has 25 heavy (non-hydrogen) atoms. The summed E-state index contributed by atoms with van der Waals surface area (Å²) in [5.74, 6) is 0.0845. The summed E-state index contributed by atoms with van der Waals surface area (Å²) in [6.45, 7) is 7.22. The number of aromatic hydroxyl groups is 1. The predicted molar refractivity (Wildman–Crippen MR) is 106 cm³/mol. The van der Waals surface area contributed by atoms with E-state index in [0.29, 0.717) is 5.02 Å². The first kappa shape index (κ1) is 16.6. The topological polar surface area (TPSA) is 52.0 Å². The van der Waals surface area contributed by atoms with Crippen molar-refractivity contribution < 1.29 is 5.11 Å². The second-order valence-electron chi connectivity index (χ2n) is 6.12. The van der Waals surface area contributed by atoms with E-state index >= 15 is 0 Å². The number of likely N-dealkylation sites (N-methyl/N-ethyl adjacent to an activating group) is 1. The number of benzene rings is 1. The lowest BCUT2D eigenvalue weighted by molar-refractivity contribution is 0.271. The smallest absolute Gasteiger partial charge is 0.231 e. The normalized spacial score (nSPS) is 19.0. The summed E-state index contributed by atoms with van der Waals surface area (Å²) in [5, 5.41) is 11.8. The molecule has 1 fully saturated rings. The molecule has 1 aromatic heterocycles. The largest absolute Gasteiger partial charge is 0.492 e. The SMILES string of the molecule is CCN1CCN(c2nc(O)c(/C=C3\C=Nc4cc(Cl)ccc43)s2)CC1. The molecule has 4 rings (SSSR count). The van der Waals surface area contributed by atoms with Gasteiger partial charge in [0.2, 0.25) is 5.88 Å². The Morgan fingerprint density at radius 1 is 1.28 bits per heavy atom. The molecular weight excluding hydrogens is 356 g/mol. The van der Waals surface area contributed by atoms with Crippen LogP contribution in [0, 0.1) is 0 Å². The third kappa shape index (κ3) is 3.29. The van der Waals surface area contributed by atoms with Crippen LogP contribution in [0.5, 0.6) is 5.88 Å². The van der Waals surface area contributed by atoms with Crippen LogP contribution >= 0.6 is 22.9 Å². The molecule has 5 nitrogen and oxygen atoms in total. The first-order valence-electron chi connectivity index (χ1n) is 8.37. The van der Waals surface area contributed by atoms with Gasteiger partial charge in [0, 0.05) is 48.6 Å². The van der Waals surface area contributed by atoms with Crippen molar-refractivity contribution in [2.75, 3.05) is 37.6 Å². The van der Waals surface area contributed by atoms with Crippen molar-refractivity contribution in [3.63, 3.8) is 0 Å². The molecule has 1 N–H and O–H groups in total. The van der Waals surface area contributed by atoms with Gasteiger partial charge < -0.3 is 14.9 Å². The van der Waals surface area contributed by atoms with Gasteiger partial charge in [0.05, 0.1) is 10.6 Å². The predicted octanol–water partition coefficient (Wildman–Crippen LogP) is 3.90. The molecule has 0 saturated carbocycles. The van der Waals surface area contributed by atoms with Crippen LogP contribution in [0.1, 0.15) is 17.4 Å². The van der Waals surface area contributed by atoms with Crippen LogP contribution in [-0.4, -0.2) is 53.9 Å². The Balaban J connectivity index is 1.57. The van der Waals surface area contributed by atoms with E-state index in [0.717, 1.165) is 59.6 Å². The second kappa shape index (κ2) is 6.78. The third-order valence-electron chi connectivity index (χ3n) is 4.61. The number of rotatable bonds is 3. The summed E-state index contributed by atoms with van der Waals surface area (Å²) < 4.78 is 0. The zero-order chi connectivity index (χ0) is 17.4. The number of anilines is 1. The molecule has 0 radical (unpaired) electrons. The van der Waals surface area contributed by atoms with Crippen molar-refractivity contribution >= 4 is 51.6 Å². The lowest BCUT2D eigenvalue weighted by Gasteiger charge is -2.33. The first-order chi connectivity index (χ1) is 12.1. The Hall–Kier alpha value is -1.89. The van der Waals surface area contributed by atoms with Crippen LogP contribution in [0.3, 0.4) is 0 Å². The van der Waals surface area contributed by atoms with Crippen LogP contribution in [0.15, 0.2) is 23.2 Å². The molecule has 0 spiro atoms. The minimum absolute atomic E-state index is 0.0845. The number of fused-ring (bicyclic) bond motifs is 1. The highest BCUT2D eigenvalue weighted by atomic mass is 35.5. The van der Waals surface area contributed by atoms with Gasteiger partial charge >= 0.3 is 0 Å². The maximum absolute atomic E-state index is 10.3. The van der Waals surface area contributed by atoms with Crippen LogP contribution < -0.4 is 4.90 Å². The lowest BCUT2D eigenvalue weighted by Crippen LogP contribution is -2.46. The highest BCUT2D eigenvalue weighted by molar-refractivity contribution is 7.16. The van der Waals surface area contributed by atoms with Gasteiger partial charge in [0.15, 0.2) is 5.13 Å². The molecule has 0 atom stereocenters. The Labute approximate surface area is 155 Å². The molecule has 1 aromatic carbocycles. The Kier molecular flexibility index (Phi) is 4.50. The molecule has 0 bridgehead atoms. The zero-order valence-electron chi connectivity index (χ0n) is 13.9.